The average Bonchev–Trinajstić information content (AvgIpc) is 2.89. The lowest BCUT2D eigenvalue weighted by atomic mass is 10.1. The molecule has 0 bridgehead atoms. The molecular formula is C22H28N4O2. The van der Waals surface area contributed by atoms with Crippen molar-refractivity contribution < 1.29 is 9.59 Å². The molecule has 1 N–H and O–H groups in total. The van der Waals surface area contributed by atoms with Gasteiger partial charge in [0.25, 0.3) is 11.8 Å². The first-order valence-corrected chi connectivity index (χ1v) is 10.4. The maximum Gasteiger partial charge on any atom is 0.291 e. The fourth-order valence-electron chi connectivity index (χ4n) is 4.20. The van der Waals surface area contributed by atoms with Gasteiger partial charge in [-0.3, -0.25) is 9.59 Å². The molecule has 1 fully saturated rings. The van der Waals surface area contributed by atoms with E-state index in [9.17, 15) is 9.59 Å². The molecule has 3 heterocycles. The van der Waals surface area contributed by atoms with Crippen molar-refractivity contribution in [1.29, 1.82) is 0 Å². The second-order valence-electron chi connectivity index (χ2n) is 7.81. The summed E-state index contributed by atoms with van der Waals surface area (Å²) >= 11 is 0. The van der Waals surface area contributed by atoms with Crippen molar-refractivity contribution in [2.75, 3.05) is 18.4 Å². The molecule has 0 spiro atoms. The smallest absolute Gasteiger partial charge is 0.291 e. The van der Waals surface area contributed by atoms with E-state index in [4.69, 9.17) is 0 Å². The largest absolute Gasteiger partial charge is 0.337 e. The fraction of sp³-hybridized carbons (Fsp3) is 0.500. The van der Waals surface area contributed by atoms with Crippen LogP contribution in [0.25, 0.3) is 0 Å². The molecule has 1 aromatic carbocycles. The molecule has 1 aromatic heterocycles. The number of aromatic nitrogens is 2. The van der Waals surface area contributed by atoms with Gasteiger partial charge in [-0.25, -0.2) is 4.98 Å². The zero-order valence-corrected chi connectivity index (χ0v) is 16.5. The monoisotopic (exact) mass is 380 g/mol. The van der Waals surface area contributed by atoms with Gasteiger partial charge in [-0.05, 0) is 50.7 Å². The molecule has 28 heavy (non-hydrogen) atoms. The number of carbonyl (C=O) groups excluding carboxylic acids is 2. The Morgan fingerprint density at radius 2 is 1.68 bits per heavy atom. The third-order valence-corrected chi connectivity index (χ3v) is 5.81. The Morgan fingerprint density at radius 1 is 0.964 bits per heavy atom. The molecule has 2 amide bonds. The van der Waals surface area contributed by atoms with Crippen molar-refractivity contribution in [3.63, 3.8) is 0 Å². The Labute approximate surface area is 165 Å². The summed E-state index contributed by atoms with van der Waals surface area (Å²) in [6.07, 6.45) is 7.28. The van der Waals surface area contributed by atoms with Crippen LogP contribution in [0.3, 0.4) is 0 Å². The van der Waals surface area contributed by atoms with Gasteiger partial charge in [0.15, 0.2) is 5.82 Å². The minimum atomic E-state index is -0.243. The Balaban J connectivity index is 1.64. The highest BCUT2D eigenvalue weighted by Gasteiger charge is 2.30. The molecular weight excluding hydrogens is 352 g/mol. The number of rotatable bonds is 3. The van der Waals surface area contributed by atoms with Crippen molar-refractivity contribution in [3.8, 4) is 0 Å². The molecule has 0 radical (unpaired) electrons. The SMILES string of the molecule is Cc1ccccc1NC(=O)c1nc(C(=O)N2CCCCCC2)c2n1CCCC2. The number of nitrogens with one attached hydrogen (secondary N) is 1. The molecule has 0 atom stereocenters. The van der Waals surface area contributed by atoms with E-state index >= 15 is 0 Å². The van der Waals surface area contributed by atoms with Crippen LogP contribution in [-0.2, 0) is 13.0 Å². The number of hydrogen-bond acceptors (Lipinski definition) is 3. The second kappa shape index (κ2) is 8.17. The van der Waals surface area contributed by atoms with E-state index in [1.165, 1.54) is 12.8 Å². The number of nitrogens with zero attached hydrogens (tertiary/aromatic N) is 3. The van der Waals surface area contributed by atoms with Gasteiger partial charge in [-0.15, -0.1) is 0 Å². The molecule has 2 aliphatic heterocycles. The van der Waals surface area contributed by atoms with Gasteiger partial charge in [0, 0.05) is 25.3 Å². The van der Waals surface area contributed by atoms with E-state index in [0.29, 0.717) is 11.5 Å². The quantitative estimate of drug-likeness (QED) is 0.881. The van der Waals surface area contributed by atoms with Gasteiger partial charge in [0.1, 0.15) is 5.69 Å². The van der Waals surface area contributed by atoms with E-state index in [1.807, 2.05) is 40.7 Å². The number of benzene rings is 1. The molecule has 2 aliphatic rings. The molecule has 0 saturated carbocycles. The minimum Gasteiger partial charge on any atom is -0.337 e. The average molecular weight is 380 g/mol. The predicted octanol–water partition coefficient (Wildman–Crippen LogP) is 3.80. The van der Waals surface area contributed by atoms with E-state index in [1.54, 1.807) is 0 Å². The van der Waals surface area contributed by atoms with Gasteiger partial charge in [0.2, 0.25) is 0 Å². The summed E-state index contributed by atoms with van der Waals surface area (Å²) in [4.78, 5) is 32.7. The summed E-state index contributed by atoms with van der Waals surface area (Å²) in [5, 5.41) is 2.97. The lowest BCUT2D eigenvalue weighted by Crippen LogP contribution is -2.33. The summed E-state index contributed by atoms with van der Waals surface area (Å²) < 4.78 is 1.96. The zero-order valence-electron chi connectivity index (χ0n) is 16.5. The number of fused-ring (bicyclic) bond motifs is 1. The van der Waals surface area contributed by atoms with Gasteiger partial charge < -0.3 is 14.8 Å². The van der Waals surface area contributed by atoms with Crippen LogP contribution < -0.4 is 5.32 Å². The number of anilines is 1. The van der Waals surface area contributed by atoms with Gasteiger partial charge >= 0.3 is 0 Å². The lowest BCUT2D eigenvalue weighted by Gasteiger charge is -2.21. The van der Waals surface area contributed by atoms with Gasteiger partial charge in [0.05, 0.1) is 5.69 Å². The molecule has 6 heteroatoms. The predicted molar refractivity (Wildman–Crippen MR) is 109 cm³/mol. The summed E-state index contributed by atoms with van der Waals surface area (Å²) in [7, 11) is 0. The van der Waals surface area contributed by atoms with E-state index < -0.39 is 0 Å². The summed E-state index contributed by atoms with van der Waals surface area (Å²) in [6, 6.07) is 7.69. The van der Waals surface area contributed by atoms with Crippen LogP contribution in [0.2, 0.25) is 0 Å². The van der Waals surface area contributed by atoms with Crippen LogP contribution in [-0.4, -0.2) is 39.4 Å². The maximum absolute atomic E-state index is 13.2. The third kappa shape index (κ3) is 3.68. The molecule has 0 unspecified atom stereocenters. The molecule has 6 nitrogen and oxygen atoms in total. The number of para-hydroxylation sites is 1. The molecule has 4 rings (SSSR count). The third-order valence-electron chi connectivity index (χ3n) is 5.81. The topological polar surface area (TPSA) is 67.2 Å². The summed E-state index contributed by atoms with van der Waals surface area (Å²) in [6.45, 7) is 4.28. The highest BCUT2D eigenvalue weighted by molar-refractivity contribution is 6.04. The molecule has 148 valence electrons. The summed E-state index contributed by atoms with van der Waals surface area (Å²) in [5.74, 6) is 0.103. The van der Waals surface area contributed by atoms with Crippen LogP contribution in [0.4, 0.5) is 5.69 Å². The van der Waals surface area contributed by atoms with Crippen molar-refractivity contribution in [2.45, 2.75) is 58.4 Å². The van der Waals surface area contributed by atoms with Crippen LogP contribution in [0.5, 0.6) is 0 Å². The van der Waals surface area contributed by atoms with Crippen LogP contribution in [0.1, 0.15) is 70.9 Å². The molecule has 0 aliphatic carbocycles. The molecule has 1 saturated heterocycles. The minimum absolute atomic E-state index is 0.0116. The van der Waals surface area contributed by atoms with E-state index in [2.05, 4.69) is 10.3 Å². The Bertz CT molecular complexity index is 879. The van der Waals surface area contributed by atoms with Gasteiger partial charge in [-0.2, -0.15) is 0 Å². The normalized spacial score (nSPS) is 17.0. The number of aryl methyl sites for hydroxylation is 1. The number of hydrogen-bond donors (Lipinski definition) is 1. The maximum atomic E-state index is 13.2. The Kier molecular flexibility index (Phi) is 5.46. The number of carbonyl (C=O) groups is 2. The Morgan fingerprint density at radius 3 is 2.43 bits per heavy atom. The number of imidazole rings is 1. The van der Waals surface area contributed by atoms with Crippen LogP contribution >= 0.6 is 0 Å². The summed E-state index contributed by atoms with van der Waals surface area (Å²) in [5.41, 5.74) is 3.19. The van der Waals surface area contributed by atoms with Crippen molar-refractivity contribution >= 4 is 17.5 Å². The lowest BCUT2D eigenvalue weighted by molar-refractivity contribution is 0.0754. The number of likely N-dealkylation sites (tertiary alicyclic amines) is 1. The Hall–Kier alpha value is -2.63. The first-order valence-electron chi connectivity index (χ1n) is 10.4. The molecule has 2 aromatic rings. The highest BCUT2D eigenvalue weighted by Crippen LogP contribution is 2.24. The number of amides is 2. The van der Waals surface area contributed by atoms with E-state index in [0.717, 1.165) is 68.7 Å². The second-order valence-corrected chi connectivity index (χ2v) is 7.81. The van der Waals surface area contributed by atoms with Gasteiger partial charge in [-0.1, -0.05) is 31.0 Å². The highest BCUT2D eigenvalue weighted by atomic mass is 16.2. The first-order chi connectivity index (χ1) is 13.6. The van der Waals surface area contributed by atoms with Crippen LogP contribution in [0.15, 0.2) is 24.3 Å². The standard InChI is InChI=1S/C22H28N4O2/c1-16-10-4-5-11-17(16)23-21(27)20-24-19(18-12-6-9-15-26(18)20)22(28)25-13-7-2-3-8-14-25/h4-5,10-11H,2-3,6-9,12-15H2,1H3,(H,23,27). The van der Waals surface area contributed by atoms with Crippen molar-refractivity contribution in [3.05, 3.63) is 47.0 Å². The zero-order chi connectivity index (χ0) is 19.5. The first kappa shape index (κ1) is 18.7. The van der Waals surface area contributed by atoms with Crippen molar-refractivity contribution in [1.82, 2.24) is 14.5 Å². The van der Waals surface area contributed by atoms with E-state index in [-0.39, 0.29) is 11.8 Å². The fourth-order valence-corrected chi connectivity index (χ4v) is 4.20. The van der Waals surface area contributed by atoms with Crippen molar-refractivity contribution in [2.24, 2.45) is 0 Å². The van der Waals surface area contributed by atoms with Crippen LogP contribution in [0, 0.1) is 6.92 Å².